The van der Waals surface area contributed by atoms with Crippen molar-refractivity contribution in [3.8, 4) is 11.4 Å². The van der Waals surface area contributed by atoms with E-state index in [1.165, 1.54) is 4.31 Å². The van der Waals surface area contributed by atoms with E-state index >= 15 is 0 Å². The maximum atomic E-state index is 12.8. The number of para-hydroxylation sites is 3. The molecule has 1 atom stereocenters. The van der Waals surface area contributed by atoms with E-state index in [0.29, 0.717) is 11.4 Å². The number of anilines is 1. The molecule has 2 heterocycles. The summed E-state index contributed by atoms with van der Waals surface area (Å²) < 4.78 is 33.2. The van der Waals surface area contributed by atoms with Gasteiger partial charge in [-0.05, 0) is 23.8 Å². The summed E-state index contributed by atoms with van der Waals surface area (Å²) in [6.07, 6.45) is 5.37. The minimum atomic E-state index is -3.55. The van der Waals surface area contributed by atoms with Crippen LogP contribution in [0.15, 0.2) is 67.3 Å². The summed E-state index contributed by atoms with van der Waals surface area (Å²) in [7, 11) is -3.55. The molecular formula is C20H20N4O4S. The van der Waals surface area contributed by atoms with Crippen LogP contribution in [0.5, 0.6) is 5.75 Å². The van der Waals surface area contributed by atoms with E-state index in [0.717, 1.165) is 17.5 Å². The SMILES string of the molecule is CS(=O)(=O)N1C[C@H](C(=O)NCc2ccccc2-n2ccnc2)Oc2ccccc21. The predicted octanol–water partition coefficient (Wildman–Crippen LogP) is 1.72. The molecule has 1 aliphatic rings. The monoisotopic (exact) mass is 412 g/mol. The van der Waals surface area contributed by atoms with Crippen LogP contribution in [-0.4, -0.2) is 42.8 Å². The maximum absolute atomic E-state index is 12.8. The first-order valence-corrected chi connectivity index (χ1v) is 10.9. The molecule has 150 valence electrons. The van der Waals surface area contributed by atoms with E-state index in [4.69, 9.17) is 4.74 Å². The summed E-state index contributed by atoms with van der Waals surface area (Å²) in [5.74, 6) is -0.0169. The molecule has 1 N–H and O–H groups in total. The number of hydrogen-bond acceptors (Lipinski definition) is 5. The summed E-state index contributed by atoms with van der Waals surface area (Å²) in [5, 5.41) is 2.85. The fraction of sp³-hybridized carbons (Fsp3) is 0.200. The minimum Gasteiger partial charge on any atom is -0.476 e. The molecule has 2 aromatic carbocycles. The minimum absolute atomic E-state index is 0.0785. The van der Waals surface area contributed by atoms with Gasteiger partial charge in [-0.2, -0.15) is 0 Å². The van der Waals surface area contributed by atoms with Gasteiger partial charge in [0.1, 0.15) is 5.75 Å². The van der Waals surface area contributed by atoms with Crippen molar-refractivity contribution in [2.45, 2.75) is 12.6 Å². The zero-order chi connectivity index (χ0) is 20.4. The lowest BCUT2D eigenvalue weighted by atomic mass is 10.1. The highest BCUT2D eigenvalue weighted by Crippen LogP contribution is 2.34. The molecule has 1 aromatic heterocycles. The van der Waals surface area contributed by atoms with E-state index in [2.05, 4.69) is 10.3 Å². The molecule has 0 saturated carbocycles. The van der Waals surface area contributed by atoms with Crippen molar-refractivity contribution in [3.63, 3.8) is 0 Å². The summed E-state index contributed by atoms with van der Waals surface area (Å²) in [6.45, 7) is 0.193. The molecule has 0 radical (unpaired) electrons. The molecule has 0 spiro atoms. The van der Waals surface area contributed by atoms with Gasteiger partial charge in [-0.25, -0.2) is 13.4 Å². The summed E-state index contributed by atoms with van der Waals surface area (Å²) in [4.78, 5) is 16.8. The number of carbonyl (C=O) groups excluding carboxylic acids is 1. The third-order valence-electron chi connectivity index (χ3n) is 4.65. The third-order valence-corrected chi connectivity index (χ3v) is 5.80. The smallest absolute Gasteiger partial charge is 0.263 e. The van der Waals surface area contributed by atoms with Gasteiger partial charge in [-0.15, -0.1) is 0 Å². The number of carbonyl (C=O) groups is 1. The molecule has 0 bridgehead atoms. The van der Waals surface area contributed by atoms with Gasteiger partial charge in [0.15, 0.2) is 6.10 Å². The van der Waals surface area contributed by atoms with Crippen molar-refractivity contribution < 1.29 is 17.9 Å². The molecule has 0 saturated heterocycles. The first-order chi connectivity index (χ1) is 13.9. The maximum Gasteiger partial charge on any atom is 0.263 e. The van der Waals surface area contributed by atoms with E-state index in [9.17, 15) is 13.2 Å². The number of benzene rings is 2. The van der Waals surface area contributed by atoms with Crippen LogP contribution >= 0.6 is 0 Å². The molecule has 3 aromatic rings. The highest BCUT2D eigenvalue weighted by molar-refractivity contribution is 7.92. The summed E-state index contributed by atoms with van der Waals surface area (Å²) >= 11 is 0. The Morgan fingerprint density at radius 2 is 1.90 bits per heavy atom. The Morgan fingerprint density at radius 1 is 1.17 bits per heavy atom. The van der Waals surface area contributed by atoms with Crippen molar-refractivity contribution in [1.82, 2.24) is 14.9 Å². The van der Waals surface area contributed by atoms with Crippen LogP contribution in [-0.2, 0) is 21.4 Å². The molecule has 0 unspecified atom stereocenters. The number of fused-ring (bicyclic) bond motifs is 1. The number of imidazole rings is 1. The lowest BCUT2D eigenvalue weighted by Gasteiger charge is -2.33. The largest absolute Gasteiger partial charge is 0.476 e. The van der Waals surface area contributed by atoms with Crippen molar-refractivity contribution in [3.05, 3.63) is 72.8 Å². The molecule has 0 fully saturated rings. The van der Waals surface area contributed by atoms with Crippen LogP contribution in [0.3, 0.4) is 0 Å². The van der Waals surface area contributed by atoms with Gasteiger partial charge in [0, 0.05) is 18.9 Å². The Morgan fingerprint density at radius 3 is 2.62 bits per heavy atom. The molecule has 4 rings (SSSR count). The highest BCUT2D eigenvalue weighted by Gasteiger charge is 2.34. The normalized spacial score (nSPS) is 16.0. The second-order valence-corrected chi connectivity index (χ2v) is 8.59. The number of nitrogens with one attached hydrogen (secondary N) is 1. The highest BCUT2D eigenvalue weighted by atomic mass is 32.2. The molecule has 0 aliphatic carbocycles. The van der Waals surface area contributed by atoms with E-state index in [1.54, 1.807) is 36.8 Å². The first kappa shape index (κ1) is 19.0. The van der Waals surface area contributed by atoms with Gasteiger partial charge in [0.25, 0.3) is 5.91 Å². The second kappa shape index (κ2) is 7.59. The molecular weight excluding hydrogens is 392 g/mol. The number of aromatic nitrogens is 2. The van der Waals surface area contributed by atoms with Gasteiger partial charge in [0.05, 0.1) is 30.5 Å². The number of hydrogen-bond donors (Lipinski definition) is 1. The van der Waals surface area contributed by atoms with E-state index in [1.807, 2.05) is 35.0 Å². The molecule has 8 nitrogen and oxygen atoms in total. The number of ether oxygens (including phenoxy) is 1. The van der Waals surface area contributed by atoms with Crippen LogP contribution < -0.4 is 14.4 Å². The number of rotatable bonds is 5. The summed E-state index contributed by atoms with van der Waals surface area (Å²) in [6, 6.07) is 14.4. The molecule has 29 heavy (non-hydrogen) atoms. The quantitative estimate of drug-likeness (QED) is 0.689. The van der Waals surface area contributed by atoms with Crippen LogP contribution in [0, 0.1) is 0 Å². The molecule has 9 heteroatoms. The number of amides is 1. The van der Waals surface area contributed by atoms with Gasteiger partial charge >= 0.3 is 0 Å². The third kappa shape index (κ3) is 3.95. The lowest BCUT2D eigenvalue weighted by Crippen LogP contribution is -2.50. The van der Waals surface area contributed by atoms with Gasteiger partial charge in [0.2, 0.25) is 10.0 Å². The Balaban J connectivity index is 1.52. The Hall–Kier alpha value is -3.33. The summed E-state index contributed by atoms with van der Waals surface area (Å²) in [5.41, 5.74) is 2.23. The number of nitrogens with zero attached hydrogens (tertiary/aromatic N) is 3. The molecule has 1 aliphatic heterocycles. The predicted molar refractivity (Wildman–Crippen MR) is 108 cm³/mol. The van der Waals surface area contributed by atoms with Crippen LogP contribution in [0.2, 0.25) is 0 Å². The Bertz CT molecular complexity index is 1130. The standard InChI is InChI=1S/C20H20N4O4S/c1-29(26,27)24-13-19(28-18-9-5-4-8-17(18)24)20(25)22-12-15-6-2-3-7-16(15)23-11-10-21-14-23/h2-11,14,19H,12-13H2,1H3,(H,22,25)/t19-/m1/s1. The Labute approximate surface area is 168 Å². The van der Waals surface area contributed by atoms with Crippen LogP contribution in [0.1, 0.15) is 5.56 Å². The lowest BCUT2D eigenvalue weighted by molar-refractivity contribution is -0.127. The van der Waals surface area contributed by atoms with E-state index in [-0.39, 0.29) is 19.0 Å². The van der Waals surface area contributed by atoms with Crippen LogP contribution in [0.25, 0.3) is 5.69 Å². The average molecular weight is 412 g/mol. The van der Waals surface area contributed by atoms with Crippen molar-refractivity contribution >= 4 is 21.6 Å². The van der Waals surface area contributed by atoms with Crippen molar-refractivity contribution in [1.29, 1.82) is 0 Å². The second-order valence-electron chi connectivity index (χ2n) is 6.68. The van der Waals surface area contributed by atoms with Crippen LogP contribution in [0.4, 0.5) is 5.69 Å². The van der Waals surface area contributed by atoms with Gasteiger partial charge in [-0.1, -0.05) is 30.3 Å². The molecule has 1 amide bonds. The first-order valence-electron chi connectivity index (χ1n) is 9.01. The topological polar surface area (TPSA) is 93.5 Å². The van der Waals surface area contributed by atoms with Gasteiger partial charge in [-0.3, -0.25) is 9.10 Å². The number of sulfonamides is 1. The van der Waals surface area contributed by atoms with Crippen molar-refractivity contribution in [2.24, 2.45) is 0 Å². The van der Waals surface area contributed by atoms with Crippen molar-refractivity contribution in [2.75, 3.05) is 17.1 Å². The zero-order valence-electron chi connectivity index (χ0n) is 15.7. The Kier molecular flexibility index (Phi) is 4.98. The average Bonchev–Trinajstić information content (AvgIpc) is 3.25. The fourth-order valence-electron chi connectivity index (χ4n) is 3.26. The fourth-order valence-corrected chi connectivity index (χ4v) is 4.18. The van der Waals surface area contributed by atoms with Gasteiger partial charge < -0.3 is 14.6 Å². The van der Waals surface area contributed by atoms with E-state index < -0.39 is 16.1 Å². The zero-order valence-corrected chi connectivity index (χ0v) is 16.5.